The van der Waals surface area contributed by atoms with Gasteiger partial charge in [-0.3, -0.25) is 4.18 Å². The van der Waals surface area contributed by atoms with Gasteiger partial charge in [0.2, 0.25) is 0 Å². The second-order valence-electron chi connectivity index (χ2n) is 6.09. The zero-order valence-corrected chi connectivity index (χ0v) is 17.6. The van der Waals surface area contributed by atoms with E-state index in [4.69, 9.17) is 4.18 Å². The van der Waals surface area contributed by atoms with Gasteiger partial charge in [0.1, 0.15) is 0 Å². The Balaban J connectivity index is 2.57. The highest BCUT2D eigenvalue weighted by Gasteiger charge is 2.25. The van der Waals surface area contributed by atoms with E-state index in [0.29, 0.717) is 0 Å². The van der Waals surface area contributed by atoms with Crippen LogP contribution in [-0.4, -0.2) is 39.2 Å². The summed E-state index contributed by atoms with van der Waals surface area (Å²) in [6.45, 7) is 3.21. The van der Waals surface area contributed by atoms with Gasteiger partial charge in [0.05, 0.1) is 32.7 Å². The van der Waals surface area contributed by atoms with Crippen LogP contribution >= 0.6 is 0 Å². The summed E-state index contributed by atoms with van der Waals surface area (Å²) in [6.07, 6.45) is -0.154. The Morgan fingerprint density at radius 2 is 1.44 bits per heavy atom. The van der Waals surface area contributed by atoms with E-state index in [1.807, 2.05) is 6.92 Å². The second kappa shape index (κ2) is 8.09. The maximum absolute atomic E-state index is 13.5. The standard InChI is InChI=1S/C17H21NO6S3/c1-14-9-11-17(12-10-14)27(22,23)18-26(21,16-7-5-4-6-8-16)13-15(2)24-25(3,19)20/h4-12,15H,13H2,1-3H3/t15-,26-/m1/s1. The van der Waals surface area contributed by atoms with Crippen molar-refractivity contribution in [2.45, 2.75) is 29.7 Å². The first kappa shape index (κ1) is 21.5. The summed E-state index contributed by atoms with van der Waals surface area (Å²) in [5, 5.41) is 0. The molecule has 2 atom stereocenters. The molecule has 0 fully saturated rings. The van der Waals surface area contributed by atoms with E-state index in [1.54, 1.807) is 30.3 Å². The molecule has 0 bridgehead atoms. The van der Waals surface area contributed by atoms with Crippen LogP contribution in [0.25, 0.3) is 0 Å². The molecule has 0 spiro atoms. The van der Waals surface area contributed by atoms with Gasteiger partial charge in [-0.25, -0.2) is 4.21 Å². The third kappa shape index (κ3) is 6.13. The van der Waals surface area contributed by atoms with Gasteiger partial charge in [0.25, 0.3) is 20.1 Å². The van der Waals surface area contributed by atoms with Crippen LogP contribution in [0.3, 0.4) is 0 Å². The lowest BCUT2D eigenvalue weighted by atomic mass is 10.2. The van der Waals surface area contributed by atoms with Crippen molar-refractivity contribution < 1.29 is 25.2 Å². The number of sulfonamides is 1. The van der Waals surface area contributed by atoms with Gasteiger partial charge in [0, 0.05) is 4.90 Å². The minimum Gasteiger partial charge on any atom is -0.266 e. The van der Waals surface area contributed by atoms with E-state index in [1.165, 1.54) is 31.2 Å². The molecule has 2 aromatic rings. The first-order chi connectivity index (χ1) is 12.4. The zero-order valence-electron chi connectivity index (χ0n) is 15.1. The Morgan fingerprint density at radius 3 is 1.96 bits per heavy atom. The number of hydrogen-bond acceptors (Lipinski definition) is 6. The van der Waals surface area contributed by atoms with E-state index in [2.05, 4.69) is 3.77 Å². The van der Waals surface area contributed by atoms with Gasteiger partial charge in [0.15, 0.2) is 0 Å². The van der Waals surface area contributed by atoms with Crippen LogP contribution in [0.5, 0.6) is 0 Å². The molecule has 0 radical (unpaired) electrons. The Bertz CT molecular complexity index is 1110. The number of aryl methyl sites for hydroxylation is 1. The number of benzene rings is 2. The molecule has 10 heteroatoms. The molecule has 2 rings (SSSR count). The van der Waals surface area contributed by atoms with E-state index in [-0.39, 0.29) is 9.79 Å². The third-order valence-electron chi connectivity index (χ3n) is 3.45. The summed E-state index contributed by atoms with van der Waals surface area (Å²) >= 11 is 0. The Hall–Kier alpha value is -1.75. The molecule has 0 aliphatic rings. The quantitative estimate of drug-likeness (QED) is 0.624. The Morgan fingerprint density at radius 1 is 0.889 bits per heavy atom. The molecule has 0 amide bonds. The summed E-state index contributed by atoms with van der Waals surface area (Å²) in [4.78, 5) is 0.0954. The summed E-state index contributed by atoms with van der Waals surface area (Å²) < 4.78 is 70.1. The molecular formula is C17H21NO6S3. The molecular weight excluding hydrogens is 410 g/mol. The van der Waals surface area contributed by atoms with Crippen molar-refractivity contribution in [3.05, 3.63) is 60.2 Å². The van der Waals surface area contributed by atoms with Gasteiger partial charge in [-0.15, -0.1) is 3.77 Å². The van der Waals surface area contributed by atoms with Crippen molar-refractivity contribution in [2.24, 2.45) is 3.77 Å². The van der Waals surface area contributed by atoms with Crippen LogP contribution < -0.4 is 0 Å². The van der Waals surface area contributed by atoms with Crippen LogP contribution in [-0.2, 0) is 34.1 Å². The van der Waals surface area contributed by atoms with Gasteiger partial charge >= 0.3 is 0 Å². The fraction of sp³-hybridized carbons (Fsp3) is 0.294. The monoisotopic (exact) mass is 431 g/mol. The lowest BCUT2D eigenvalue weighted by Gasteiger charge is -2.15. The molecule has 2 aromatic carbocycles. The van der Waals surface area contributed by atoms with Crippen LogP contribution in [0.1, 0.15) is 12.5 Å². The van der Waals surface area contributed by atoms with E-state index >= 15 is 0 Å². The molecule has 0 aliphatic heterocycles. The maximum atomic E-state index is 13.5. The van der Waals surface area contributed by atoms with Crippen molar-refractivity contribution in [3.63, 3.8) is 0 Å². The van der Waals surface area contributed by atoms with Crippen molar-refractivity contribution in [3.8, 4) is 0 Å². The van der Waals surface area contributed by atoms with E-state index < -0.39 is 41.7 Å². The molecule has 0 heterocycles. The first-order valence-corrected chi connectivity index (χ1v) is 12.9. The lowest BCUT2D eigenvalue weighted by molar-refractivity contribution is 0.254. The molecule has 0 N–H and O–H groups in total. The van der Waals surface area contributed by atoms with Crippen molar-refractivity contribution >= 4 is 29.9 Å². The molecule has 0 saturated heterocycles. The van der Waals surface area contributed by atoms with Crippen LogP contribution in [0.15, 0.2) is 68.2 Å². The van der Waals surface area contributed by atoms with Crippen molar-refractivity contribution in [1.82, 2.24) is 0 Å². The highest BCUT2D eigenvalue weighted by atomic mass is 32.3. The minimum atomic E-state index is -4.23. The summed E-state index contributed by atoms with van der Waals surface area (Å²) in [5.41, 5.74) is 0.868. The minimum absolute atomic E-state index is 0.0894. The molecule has 0 saturated carbocycles. The Labute approximate surface area is 160 Å². The fourth-order valence-corrected chi connectivity index (χ4v) is 7.27. The molecule has 0 unspecified atom stereocenters. The maximum Gasteiger partial charge on any atom is 0.290 e. The van der Waals surface area contributed by atoms with Crippen molar-refractivity contribution in [2.75, 3.05) is 12.0 Å². The number of hydrogen-bond donors (Lipinski definition) is 0. The van der Waals surface area contributed by atoms with Crippen LogP contribution in [0, 0.1) is 6.92 Å². The summed E-state index contributed by atoms with van der Waals surface area (Å²) in [5.74, 6) is -0.394. The fourth-order valence-electron chi connectivity index (χ4n) is 2.36. The molecule has 7 nitrogen and oxygen atoms in total. The first-order valence-electron chi connectivity index (χ1n) is 7.92. The van der Waals surface area contributed by atoms with Gasteiger partial charge in [-0.05, 0) is 38.1 Å². The van der Waals surface area contributed by atoms with Crippen LogP contribution in [0.4, 0.5) is 0 Å². The molecule has 148 valence electrons. The normalized spacial score (nSPS) is 15.7. The number of rotatable bonds is 7. The SMILES string of the molecule is Cc1ccc(S(=O)(=O)N=[S@@](=O)(C[C@@H](C)OS(C)(=O)=O)c2ccccc2)cc1. The van der Waals surface area contributed by atoms with Crippen molar-refractivity contribution in [1.29, 1.82) is 0 Å². The lowest BCUT2D eigenvalue weighted by Crippen LogP contribution is -2.24. The van der Waals surface area contributed by atoms with Crippen LogP contribution in [0.2, 0.25) is 0 Å². The Kier molecular flexibility index (Phi) is 6.46. The molecule has 0 aliphatic carbocycles. The second-order valence-corrected chi connectivity index (χ2v) is 11.8. The average molecular weight is 432 g/mol. The van der Waals surface area contributed by atoms with E-state index in [9.17, 15) is 21.0 Å². The summed E-state index contributed by atoms with van der Waals surface area (Å²) in [7, 11) is -11.5. The predicted octanol–water partition coefficient (Wildman–Crippen LogP) is 2.58. The average Bonchev–Trinajstić information content (AvgIpc) is 2.53. The molecule has 0 aromatic heterocycles. The van der Waals surface area contributed by atoms with E-state index in [0.717, 1.165) is 11.8 Å². The third-order valence-corrected chi connectivity index (χ3v) is 8.67. The van der Waals surface area contributed by atoms with Gasteiger partial charge < -0.3 is 0 Å². The number of nitrogens with zero attached hydrogens (tertiary/aromatic N) is 1. The van der Waals surface area contributed by atoms with Gasteiger partial charge in [-0.1, -0.05) is 35.9 Å². The topological polar surface area (TPSA) is 107 Å². The smallest absolute Gasteiger partial charge is 0.266 e. The predicted molar refractivity (Wildman–Crippen MR) is 104 cm³/mol. The zero-order chi connectivity index (χ0) is 20.3. The highest BCUT2D eigenvalue weighted by Crippen LogP contribution is 2.22. The largest absolute Gasteiger partial charge is 0.290 e. The summed E-state index contributed by atoms with van der Waals surface area (Å²) in [6, 6.07) is 13.9. The molecule has 27 heavy (non-hydrogen) atoms. The van der Waals surface area contributed by atoms with Gasteiger partial charge in [-0.2, -0.15) is 16.8 Å². The highest BCUT2D eigenvalue weighted by molar-refractivity contribution is 8.03.